The molecule has 0 N–H and O–H groups in total. The van der Waals surface area contributed by atoms with E-state index in [-0.39, 0.29) is 0 Å². The van der Waals surface area contributed by atoms with Gasteiger partial charge in [0.2, 0.25) is 0 Å². The van der Waals surface area contributed by atoms with Crippen molar-refractivity contribution in [2.24, 2.45) is 0 Å². The Morgan fingerprint density at radius 2 is 0.923 bits per heavy atom. The third-order valence-corrected chi connectivity index (χ3v) is 5.61. The second-order valence-electron chi connectivity index (χ2n) is 6.96. The lowest BCUT2D eigenvalue weighted by atomic mass is 9.87. The van der Waals surface area contributed by atoms with Gasteiger partial charge in [-0.15, -0.1) is 0 Å². The zero-order chi connectivity index (χ0) is 17.1. The molecule has 0 spiro atoms. The van der Waals surface area contributed by atoms with Crippen LogP contribution < -0.4 is 0 Å². The Balaban J connectivity index is 1.91. The molecule has 0 bridgehead atoms. The van der Waals surface area contributed by atoms with E-state index in [1.165, 1.54) is 54.2 Å². The molecule has 0 fully saturated rings. The Kier molecular flexibility index (Phi) is 2.70. The third kappa shape index (κ3) is 1.74. The summed E-state index contributed by atoms with van der Waals surface area (Å²) in [5.41, 5.74) is 2.58. The summed E-state index contributed by atoms with van der Waals surface area (Å²) in [4.78, 5) is 0. The predicted molar refractivity (Wildman–Crippen MR) is 113 cm³/mol. The number of fused-ring (bicyclic) bond motifs is 2. The van der Waals surface area contributed by atoms with Crippen LogP contribution in [0.5, 0.6) is 0 Å². The Bertz CT molecular complexity index is 1360. The molecule has 0 aliphatic rings. The summed E-state index contributed by atoms with van der Waals surface area (Å²) in [6.07, 6.45) is 0. The molecule has 26 heavy (non-hydrogen) atoms. The van der Waals surface area contributed by atoms with Gasteiger partial charge in [-0.1, -0.05) is 97.1 Å². The average Bonchev–Trinajstić information content (AvgIpc) is 2.72. The van der Waals surface area contributed by atoms with E-state index in [1.807, 2.05) is 0 Å². The SMILES string of the molecule is c1ccc(-c2ccc3c4cccc5cccc(c6cccc2c63)c54)cc1. The summed E-state index contributed by atoms with van der Waals surface area (Å²) < 4.78 is 0. The molecule has 0 heterocycles. The van der Waals surface area contributed by atoms with Crippen LogP contribution in [0.25, 0.3) is 54.2 Å². The van der Waals surface area contributed by atoms with Crippen LogP contribution in [-0.2, 0) is 0 Å². The zero-order valence-electron chi connectivity index (χ0n) is 14.2. The van der Waals surface area contributed by atoms with Gasteiger partial charge >= 0.3 is 0 Å². The Labute approximate surface area is 151 Å². The van der Waals surface area contributed by atoms with Crippen molar-refractivity contribution in [1.29, 1.82) is 0 Å². The minimum Gasteiger partial charge on any atom is -0.0622 e. The van der Waals surface area contributed by atoms with Crippen molar-refractivity contribution < 1.29 is 0 Å². The molecule has 0 radical (unpaired) electrons. The zero-order valence-corrected chi connectivity index (χ0v) is 14.2. The van der Waals surface area contributed by atoms with Crippen LogP contribution in [-0.4, -0.2) is 0 Å². The van der Waals surface area contributed by atoms with E-state index >= 15 is 0 Å². The molecule has 0 unspecified atom stereocenters. The molecule has 6 aromatic carbocycles. The maximum atomic E-state index is 2.30. The highest BCUT2D eigenvalue weighted by Crippen LogP contribution is 2.42. The van der Waals surface area contributed by atoms with E-state index in [2.05, 4.69) is 97.1 Å². The van der Waals surface area contributed by atoms with Crippen LogP contribution in [0.1, 0.15) is 0 Å². The summed E-state index contributed by atoms with van der Waals surface area (Å²) in [6, 6.07) is 35.3. The van der Waals surface area contributed by atoms with Gasteiger partial charge < -0.3 is 0 Å². The fraction of sp³-hybridized carbons (Fsp3) is 0. The molecule has 6 rings (SSSR count). The van der Waals surface area contributed by atoms with Crippen molar-refractivity contribution in [2.45, 2.75) is 0 Å². The Hall–Kier alpha value is -3.38. The third-order valence-electron chi connectivity index (χ3n) is 5.61. The lowest BCUT2D eigenvalue weighted by Gasteiger charge is -2.16. The molecule has 120 valence electrons. The first-order chi connectivity index (χ1) is 12.9. The molecule has 0 heteroatoms. The van der Waals surface area contributed by atoms with E-state index in [9.17, 15) is 0 Å². The van der Waals surface area contributed by atoms with Crippen LogP contribution in [0, 0.1) is 0 Å². The van der Waals surface area contributed by atoms with Gasteiger partial charge in [0.25, 0.3) is 0 Å². The average molecular weight is 328 g/mol. The first kappa shape index (κ1) is 13.9. The standard InChI is InChI=1S/C26H16/c1-2-7-17(8-3-1)19-15-16-24-22-12-5-10-18-9-4-11-21(25(18)22)23-14-6-13-20(19)26(23)24/h1-16H. The number of rotatable bonds is 1. The Morgan fingerprint density at radius 3 is 1.65 bits per heavy atom. The van der Waals surface area contributed by atoms with E-state index in [0.29, 0.717) is 0 Å². The number of hydrogen-bond acceptors (Lipinski definition) is 0. The summed E-state index contributed by atoms with van der Waals surface area (Å²) >= 11 is 0. The van der Waals surface area contributed by atoms with Crippen LogP contribution >= 0.6 is 0 Å². The quantitative estimate of drug-likeness (QED) is 0.218. The molecule has 0 nitrogen and oxygen atoms in total. The summed E-state index contributed by atoms with van der Waals surface area (Å²) in [6.45, 7) is 0. The second-order valence-corrected chi connectivity index (χ2v) is 6.96. The molecule has 0 saturated carbocycles. The van der Waals surface area contributed by atoms with Gasteiger partial charge in [-0.05, 0) is 54.2 Å². The topological polar surface area (TPSA) is 0 Å². The van der Waals surface area contributed by atoms with Gasteiger partial charge in [0, 0.05) is 0 Å². The highest BCUT2D eigenvalue weighted by molar-refractivity contribution is 6.34. The smallest absolute Gasteiger partial charge is 0.00201 e. The molecular formula is C26H16. The largest absolute Gasteiger partial charge is 0.0622 e. The maximum absolute atomic E-state index is 2.30. The lowest BCUT2D eigenvalue weighted by molar-refractivity contribution is 1.67. The normalized spacial score (nSPS) is 11.8. The van der Waals surface area contributed by atoms with Gasteiger partial charge in [0.05, 0.1) is 0 Å². The molecule has 0 amide bonds. The molecule has 0 atom stereocenters. The van der Waals surface area contributed by atoms with Gasteiger partial charge in [0.15, 0.2) is 0 Å². The van der Waals surface area contributed by atoms with Crippen LogP contribution in [0.15, 0.2) is 97.1 Å². The van der Waals surface area contributed by atoms with Gasteiger partial charge in [-0.3, -0.25) is 0 Å². The van der Waals surface area contributed by atoms with E-state index in [0.717, 1.165) is 0 Å². The van der Waals surface area contributed by atoms with E-state index < -0.39 is 0 Å². The predicted octanol–water partition coefficient (Wildman–Crippen LogP) is 7.40. The molecule has 6 aromatic rings. The summed E-state index contributed by atoms with van der Waals surface area (Å²) in [5.74, 6) is 0. The Morgan fingerprint density at radius 1 is 0.346 bits per heavy atom. The van der Waals surface area contributed by atoms with Gasteiger partial charge in [0.1, 0.15) is 0 Å². The van der Waals surface area contributed by atoms with Crippen molar-refractivity contribution in [3.8, 4) is 11.1 Å². The fourth-order valence-corrected chi connectivity index (χ4v) is 4.51. The van der Waals surface area contributed by atoms with Crippen molar-refractivity contribution in [3.63, 3.8) is 0 Å². The van der Waals surface area contributed by atoms with Crippen LogP contribution in [0.2, 0.25) is 0 Å². The molecule has 0 saturated heterocycles. The van der Waals surface area contributed by atoms with Crippen molar-refractivity contribution >= 4 is 43.1 Å². The minimum absolute atomic E-state index is 1.27. The van der Waals surface area contributed by atoms with Crippen LogP contribution in [0.4, 0.5) is 0 Å². The van der Waals surface area contributed by atoms with E-state index in [1.54, 1.807) is 0 Å². The molecule has 0 aliphatic heterocycles. The fourth-order valence-electron chi connectivity index (χ4n) is 4.51. The molecular weight excluding hydrogens is 312 g/mol. The first-order valence-corrected chi connectivity index (χ1v) is 9.05. The van der Waals surface area contributed by atoms with E-state index in [4.69, 9.17) is 0 Å². The monoisotopic (exact) mass is 328 g/mol. The summed E-state index contributed by atoms with van der Waals surface area (Å²) in [7, 11) is 0. The second kappa shape index (κ2) is 5.06. The number of benzene rings is 6. The highest BCUT2D eigenvalue weighted by atomic mass is 14.2. The molecule has 0 aromatic heterocycles. The summed E-state index contributed by atoms with van der Waals surface area (Å²) in [5, 5.41) is 10.8. The van der Waals surface area contributed by atoms with Crippen molar-refractivity contribution in [1.82, 2.24) is 0 Å². The lowest BCUT2D eigenvalue weighted by Crippen LogP contribution is -1.88. The number of hydrogen-bond donors (Lipinski definition) is 0. The van der Waals surface area contributed by atoms with Crippen molar-refractivity contribution in [3.05, 3.63) is 97.1 Å². The van der Waals surface area contributed by atoms with Gasteiger partial charge in [-0.25, -0.2) is 0 Å². The molecule has 0 aliphatic carbocycles. The van der Waals surface area contributed by atoms with Crippen LogP contribution in [0.3, 0.4) is 0 Å². The first-order valence-electron chi connectivity index (χ1n) is 9.05. The van der Waals surface area contributed by atoms with Crippen molar-refractivity contribution in [2.75, 3.05) is 0 Å². The minimum atomic E-state index is 1.27. The highest BCUT2D eigenvalue weighted by Gasteiger charge is 2.14. The van der Waals surface area contributed by atoms with Gasteiger partial charge in [-0.2, -0.15) is 0 Å². The maximum Gasteiger partial charge on any atom is -0.00201 e.